The number of unbranched alkanes of at least 4 members (excludes halogenated alkanes) is 2. The van der Waals surface area contributed by atoms with E-state index in [9.17, 15) is 19.1 Å². The Bertz CT molecular complexity index is 1640. The fraction of sp³-hybridized carbons (Fsp3) is 0.194. The maximum Gasteiger partial charge on any atom is 0.342 e. The van der Waals surface area contributed by atoms with E-state index in [1.807, 2.05) is 48.5 Å². The van der Waals surface area contributed by atoms with Crippen molar-refractivity contribution >= 4 is 51.4 Å². The van der Waals surface area contributed by atoms with Gasteiger partial charge in [0.05, 0.1) is 0 Å². The quantitative estimate of drug-likeness (QED) is 0.129. The topological polar surface area (TPSA) is 86.6 Å². The van der Waals surface area contributed by atoms with Crippen LogP contribution in [-0.2, 0) is 15.8 Å². The van der Waals surface area contributed by atoms with Crippen molar-refractivity contribution in [3.05, 3.63) is 101 Å². The number of nitrogens with one attached hydrogen (secondary N) is 1. The number of thiophene rings is 1. The van der Waals surface area contributed by atoms with E-state index in [0.29, 0.717) is 16.6 Å². The highest BCUT2D eigenvalue weighted by Crippen LogP contribution is 2.54. The highest BCUT2D eigenvalue weighted by molar-refractivity contribution is 7.53. The molecule has 0 bridgehead atoms. The number of fused-ring (bicyclic) bond motifs is 2. The van der Waals surface area contributed by atoms with E-state index in [-0.39, 0.29) is 0 Å². The van der Waals surface area contributed by atoms with Gasteiger partial charge in [-0.25, -0.2) is 0 Å². The summed E-state index contributed by atoms with van der Waals surface area (Å²) in [5, 5.41) is 7.04. The summed E-state index contributed by atoms with van der Waals surface area (Å²) in [5.41, 5.74) is 2.67. The number of hydrogen-bond acceptors (Lipinski definition) is 3. The minimum Gasteiger partial charge on any atom is -0.325 e. The van der Waals surface area contributed by atoms with E-state index in [1.165, 1.54) is 36.2 Å². The molecule has 0 fully saturated rings. The molecule has 3 N–H and O–H groups in total. The molecule has 1 unspecified atom stereocenters. The standard InChI is InChI=1S/C31H30NO4PS/c1-2-3-4-7-21-10-12-23(13-11-21)25-15-17-27-28(20-38-29(27)19-25)30(37(34,35)36)31(33)32-26-16-14-22-8-5-6-9-24(22)18-26/h5-6,8-20,30H,2-4,7H2,1H3,(H,32,33)(H2,34,35,36). The molecule has 5 nitrogen and oxygen atoms in total. The summed E-state index contributed by atoms with van der Waals surface area (Å²) in [6, 6.07) is 27.5. The predicted molar refractivity (Wildman–Crippen MR) is 158 cm³/mol. The smallest absolute Gasteiger partial charge is 0.325 e. The normalized spacial score (nSPS) is 12.6. The van der Waals surface area contributed by atoms with Gasteiger partial charge in [-0.1, -0.05) is 86.5 Å². The first kappa shape index (κ1) is 26.3. The Morgan fingerprint density at radius 2 is 1.63 bits per heavy atom. The van der Waals surface area contributed by atoms with Crippen molar-refractivity contribution in [1.29, 1.82) is 0 Å². The van der Waals surface area contributed by atoms with Crippen molar-refractivity contribution in [3.63, 3.8) is 0 Å². The average Bonchev–Trinajstić information content (AvgIpc) is 3.31. The lowest BCUT2D eigenvalue weighted by molar-refractivity contribution is -0.116. The Morgan fingerprint density at radius 3 is 2.37 bits per heavy atom. The van der Waals surface area contributed by atoms with Crippen LogP contribution in [0.4, 0.5) is 5.69 Å². The van der Waals surface area contributed by atoms with Crippen LogP contribution in [0.15, 0.2) is 90.3 Å². The van der Waals surface area contributed by atoms with E-state index in [2.05, 4.69) is 36.5 Å². The molecule has 0 radical (unpaired) electrons. The Labute approximate surface area is 226 Å². The van der Waals surface area contributed by atoms with Gasteiger partial charge in [0.15, 0.2) is 5.66 Å². The van der Waals surface area contributed by atoms with Gasteiger partial charge in [0.2, 0.25) is 5.91 Å². The van der Waals surface area contributed by atoms with Crippen LogP contribution in [0.2, 0.25) is 0 Å². The Hall–Kier alpha value is -3.28. The molecule has 1 heterocycles. The Kier molecular flexibility index (Phi) is 7.78. The molecule has 38 heavy (non-hydrogen) atoms. The molecule has 0 aliphatic heterocycles. The van der Waals surface area contributed by atoms with Crippen LogP contribution in [0.5, 0.6) is 0 Å². The van der Waals surface area contributed by atoms with Crippen LogP contribution in [0.1, 0.15) is 43.0 Å². The van der Waals surface area contributed by atoms with Crippen LogP contribution in [-0.4, -0.2) is 15.7 Å². The lowest BCUT2D eigenvalue weighted by atomic mass is 10.00. The largest absolute Gasteiger partial charge is 0.342 e. The Morgan fingerprint density at radius 1 is 0.895 bits per heavy atom. The van der Waals surface area contributed by atoms with E-state index < -0.39 is 19.2 Å². The van der Waals surface area contributed by atoms with Crippen LogP contribution in [0.3, 0.4) is 0 Å². The molecule has 1 aromatic heterocycles. The Balaban J connectivity index is 1.41. The molecule has 5 aromatic rings. The predicted octanol–water partition coefficient (Wildman–Crippen LogP) is 8.31. The minimum absolute atomic E-state index is 0.342. The molecule has 0 spiro atoms. The van der Waals surface area contributed by atoms with Gasteiger partial charge >= 0.3 is 7.60 Å². The fourth-order valence-corrected chi connectivity index (χ4v) is 6.91. The molecule has 7 heteroatoms. The van der Waals surface area contributed by atoms with Gasteiger partial charge in [0, 0.05) is 10.4 Å². The first-order valence-electron chi connectivity index (χ1n) is 12.8. The molecule has 0 aliphatic rings. The van der Waals surface area contributed by atoms with Crippen LogP contribution in [0.25, 0.3) is 32.0 Å². The summed E-state index contributed by atoms with van der Waals surface area (Å²) >= 11 is 1.39. The first-order valence-corrected chi connectivity index (χ1v) is 15.3. The van der Waals surface area contributed by atoms with E-state index in [0.717, 1.165) is 33.0 Å². The van der Waals surface area contributed by atoms with Gasteiger partial charge in [-0.15, -0.1) is 11.3 Å². The lowest BCUT2D eigenvalue weighted by Gasteiger charge is -2.18. The van der Waals surface area contributed by atoms with Gasteiger partial charge in [0.1, 0.15) is 0 Å². The second-order valence-corrected chi connectivity index (χ2v) is 12.2. The zero-order valence-electron chi connectivity index (χ0n) is 21.1. The minimum atomic E-state index is -4.80. The molecule has 0 saturated heterocycles. The molecular formula is C31H30NO4PS. The van der Waals surface area contributed by atoms with E-state index in [4.69, 9.17) is 0 Å². The molecule has 194 valence electrons. The van der Waals surface area contributed by atoms with Crippen molar-refractivity contribution in [1.82, 2.24) is 0 Å². The van der Waals surface area contributed by atoms with Crippen molar-refractivity contribution in [3.8, 4) is 11.1 Å². The van der Waals surface area contributed by atoms with Crippen molar-refractivity contribution in [2.24, 2.45) is 0 Å². The zero-order valence-corrected chi connectivity index (χ0v) is 22.8. The molecule has 0 saturated carbocycles. The van der Waals surface area contributed by atoms with Gasteiger partial charge in [-0.05, 0) is 74.8 Å². The van der Waals surface area contributed by atoms with Crippen LogP contribution < -0.4 is 5.32 Å². The van der Waals surface area contributed by atoms with Crippen molar-refractivity contribution < 1.29 is 19.1 Å². The number of hydrogen-bond donors (Lipinski definition) is 3. The number of carbonyl (C=O) groups is 1. The number of benzene rings is 4. The summed E-state index contributed by atoms with van der Waals surface area (Å²) < 4.78 is 13.4. The number of aryl methyl sites for hydroxylation is 1. The highest BCUT2D eigenvalue weighted by atomic mass is 32.1. The summed E-state index contributed by atoms with van der Waals surface area (Å²) in [4.78, 5) is 33.7. The first-order chi connectivity index (χ1) is 18.3. The number of amides is 1. The van der Waals surface area contributed by atoms with Gasteiger partial charge in [-0.2, -0.15) is 0 Å². The second kappa shape index (κ2) is 11.2. The van der Waals surface area contributed by atoms with Crippen molar-refractivity contribution in [2.75, 3.05) is 5.32 Å². The molecular weight excluding hydrogens is 513 g/mol. The van der Waals surface area contributed by atoms with Crippen LogP contribution in [0, 0.1) is 0 Å². The van der Waals surface area contributed by atoms with Gasteiger partial charge in [0.25, 0.3) is 0 Å². The molecule has 4 aromatic carbocycles. The number of anilines is 1. The van der Waals surface area contributed by atoms with Gasteiger partial charge in [-0.3, -0.25) is 9.36 Å². The highest BCUT2D eigenvalue weighted by Gasteiger charge is 2.39. The second-order valence-electron chi connectivity index (χ2n) is 9.60. The molecule has 0 aliphatic carbocycles. The van der Waals surface area contributed by atoms with E-state index >= 15 is 0 Å². The third-order valence-electron chi connectivity index (χ3n) is 6.86. The third kappa shape index (κ3) is 5.74. The summed E-state index contributed by atoms with van der Waals surface area (Å²) in [6.07, 6.45) is 4.70. The molecule has 5 rings (SSSR count). The van der Waals surface area contributed by atoms with Crippen molar-refractivity contribution in [2.45, 2.75) is 38.3 Å². The summed E-state index contributed by atoms with van der Waals surface area (Å²) in [7, 11) is -4.80. The van der Waals surface area contributed by atoms with Crippen LogP contribution >= 0.6 is 18.9 Å². The summed E-state index contributed by atoms with van der Waals surface area (Å²) in [6.45, 7) is 2.20. The number of rotatable bonds is 9. The lowest BCUT2D eigenvalue weighted by Crippen LogP contribution is -2.21. The maximum absolute atomic E-state index is 13.3. The maximum atomic E-state index is 13.3. The van der Waals surface area contributed by atoms with E-state index in [1.54, 1.807) is 17.5 Å². The fourth-order valence-electron chi connectivity index (χ4n) is 4.84. The average molecular weight is 544 g/mol. The molecule has 1 atom stereocenters. The number of carbonyl (C=O) groups excluding carboxylic acids is 1. The van der Waals surface area contributed by atoms with Gasteiger partial charge < -0.3 is 15.1 Å². The SMILES string of the molecule is CCCCCc1ccc(-c2ccc3c(C(C(=O)Nc4ccc5ccccc5c4)P(=O)(O)O)csc3c2)cc1. The third-order valence-corrected chi connectivity index (χ3v) is 9.01. The zero-order chi connectivity index (χ0) is 26.7. The summed E-state index contributed by atoms with van der Waals surface area (Å²) in [5.74, 6) is -0.726. The monoisotopic (exact) mass is 543 g/mol. The molecule has 1 amide bonds.